The first-order chi connectivity index (χ1) is 12.7. The Balaban J connectivity index is 1.42. The van der Waals surface area contributed by atoms with Crippen molar-refractivity contribution < 1.29 is 4.74 Å². The number of benzene rings is 2. The van der Waals surface area contributed by atoms with Crippen LogP contribution in [0.15, 0.2) is 54.6 Å². The molecule has 0 spiro atoms. The van der Waals surface area contributed by atoms with Crippen LogP contribution >= 0.6 is 12.2 Å². The van der Waals surface area contributed by atoms with Gasteiger partial charge < -0.3 is 15.4 Å². The van der Waals surface area contributed by atoms with Gasteiger partial charge in [-0.1, -0.05) is 49.4 Å². The number of hydrogen-bond acceptors (Lipinski definition) is 3. The molecule has 0 aliphatic carbocycles. The average molecular weight is 370 g/mol. The molecule has 1 aliphatic heterocycles. The number of nitrogens with one attached hydrogen (secondary N) is 2. The highest BCUT2D eigenvalue weighted by Gasteiger charge is 2.20. The normalized spacial score (nSPS) is 17.7. The van der Waals surface area contributed by atoms with Gasteiger partial charge in [0.2, 0.25) is 0 Å². The zero-order chi connectivity index (χ0) is 18.2. The molecular formula is C21H27N3OS. The Kier molecular flexibility index (Phi) is 7.00. The molecule has 0 aromatic heterocycles. The predicted molar refractivity (Wildman–Crippen MR) is 112 cm³/mol. The van der Waals surface area contributed by atoms with Crippen LogP contribution in [0.3, 0.4) is 0 Å². The highest BCUT2D eigenvalue weighted by Crippen LogP contribution is 2.11. The molecule has 1 aliphatic rings. The maximum atomic E-state index is 5.89. The van der Waals surface area contributed by atoms with Crippen LogP contribution in [0.2, 0.25) is 0 Å². The summed E-state index contributed by atoms with van der Waals surface area (Å²) in [5.74, 6) is 0. The van der Waals surface area contributed by atoms with E-state index < -0.39 is 0 Å². The maximum absolute atomic E-state index is 5.89. The Morgan fingerprint density at radius 2 is 1.88 bits per heavy atom. The van der Waals surface area contributed by atoms with E-state index in [9.17, 15) is 0 Å². The highest BCUT2D eigenvalue weighted by molar-refractivity contribution is 7.80. The van der Waals surface area contributed by atoms with Crippen LogP contribution in [0.5, 0.6) is 0 Å². The van der Waals surface area contributed by atoms with Crippen LogP contribution in [0.4, 0.5) is 5.69 Å². The topological polar surface area (TPSA) is 36.5 Å². The van der Waals surface area contributed by atoms with Gasteiger partial charge in [-0.25, -0.2) is 0 Å². The Hall–Kier alpha value is -1.95. The van der Waals surface area contributed by atoms with Crippen molar-refractivity contribution in [2.24, 2.45) is 0 Å². The Bertz CT molecular complexity index is 690. The third-order valence-corrected chi connectivity index (χ3v) is 4.83. The molecule has 0 radical (unpaired) electrons. The number of thiocarbonyl (C=S) groups is 1. The lowest BCUT2D eigenvalue weighted by atomic mass is 10.1. The fraction of sp³-hybridized carbons (Fsp3) is 0.381. The van der Waals surface area contributed by atoms with Crippen LogP contribution in [-0.2, 0) is 17.7 Å². The minimum absolute atomic E-state index is 0.148. The second-order valence-electron chi connectivity index (χ2n) is 6.60. The van der Waals surface area contributed by atoms with Crippen LogP contribution < -0.4 is 10.6 Å². The van der Waals surface area contributed by atoms with E-state index in [1.165, 1.54) is 11.1 Å². The largest absolute Gasteiger partial charge is 0.374 e. The molecule has 2 N–H and O–H groups in total. The first-order valence-electron chi connectivity index (χ1n) is 9.24. The van der Waals surface area contributed by atoms with E-state index in [2.05, 4.69) is 77.1 Å². The van der Waals surface area contributed by atoms with Crippen molar-refractivity contribution in [3.05, 3.63) is 65.7 Å². The van der Waals surface area contributed by atoms with Gasteiger partial charge in [-0.3, -0.25) is 4.90 Å². The minimum Gasteiger partial charge on any atom is -0.374 e. The molecular weight excluding hydrogens is 342 g/mol. The van der Waals surface area contributed by atoms with Crippen LogP contribution in [0.25, 0.3) is 0 Å². The molecule has 5 heteroatoms. The van der Waals surface area contributed by atoms with Crippen molar-refractivity contribution in [2.75, 3.05) is 31.6 Å². The van der Waals surface area contributed by atoms with Gasteiger partial charge in [0.05, 0.1) is 12.7 Å². The van der Waals surface area contributed by atoms with Crippen molar-refractivity contribution >= 4 is 23.0 Å². The summed E-state index contributed by atoms with van der Waals surface area (Å²) in [5.41, 5.74) is 3.67. The Morgan fingerprint density at radius 3 is 2.62 bits per heavy atom. The van der Waals surface area contributed by atoms with Gasteiger partial charge in [0.15, 0.2) is 5.11 Å². The smallest absolute Gasteiger partial charge is 0.170 e. The number of morpholine rings is 1. The van der Waals surface area contributed by atoms with Crippen molar-refractivity contribution in [1.29, 1.82) is 0 Å². The first-order valence-corrected chi connectivity index (χ1v) is 9.65. The molecule has 1 heterocycles. The maximum Gasteiger partial charge on any atom is 0.170 e. The van der Waals surface area contributed by atoms with E-state index in [0.717, 1.165) is 38.3 Å². The molecule has 2 aromatic rings. The van der Waals surface area contributed by atoms with Crippen molar-refractivity contribution in [2.45, 2.75) is 26.0 Å². The Labute approximate surface area is 161 Å². The second kappa shape index (κ2) is 9.67. The van der Waals surface area contributed by atoms with Gasteiger partial charge in [-0.2, -0.15) is 0 Å². The number of anilines is 1. The molecule has 0 amide bonds. The number of hydrogen-bond donors (Lipinski definition) is 2. The highest BCUT2D eigenvalue weighted by atomic mass is 32.1. The number of nitrogens with zero attached hydrogens (tertiary/aromatic N) is 1. The lowest BCUT2D eigenvalue weighted by Crippen LogP contribution is -2.47. The lowest BCUT2D eigenvalue weighted by Gasteiger charge is -2.33. The average Bonchev–Trinajstić information content (AvgIpc) is 2.68. The zero-order valence-corrected chi connectivity index (χ0v) is 16.1. The molecule has 0 unspecified atom stereocenters. The van der Waals surface area contributed by atoms with E-state index in [4.69, 9.17) is 17.0 Å². The molecule has 0 bridgehead atoms. The third kappa shape index (κ3) is 5.80. The van der Waals surface area contributed by atoms with Crippen molar-refractivity contribution in [3.63, 3.8) is 0 Å². The van der Waals surface area contributed by atoms with E-state index in [0.29, 0.717) is 11.7 Å². The van der Waals surface area contributed by atoms with Gasteiger partial charge in [-0.05, 0) is 41.9 Å². The number of rotatable bonds is 6. The van der Waals surface area contributed by atoms with Crippen LogP contribution in [0, 0.1) is 0 Å². The molecule has 1 saturated heterocycles. The monoisotopic (exact) mass is 369 g/mol. The summed E-state index contributed by atoms with van der Waals surface area (Å²) in [7, 11) is 0. The fourth-order valence-corrected chi connectivity index (χ4v) is 3.30. The van der Waals surface area contributed by atoms with E-state index >= 15 is 0 Å². The Morgan fingerprint density at radius 1 is 1.12 bits per heavy atom. The molecule has 138 valence electrons. The van der Waals surface area contributed by atoms with Gasteiger partial charge in [0.25, 0.3) is 0 Å². The molecule has 2 aromatic carbocycles. The van der Waals surface area contributed by atoms with Crippen LogP contribution in [0.1, 0.15) is 18.1 Å². The van der Waals surface area contributed by atoms with E-state index in [-0.39, 0.29) is 6.10 Å². The number of aryl methyl sites for hydroxylation is 1. The quantitative estimate of drug-likeness (QED) is 0.763. The third-order valence-electron chi connectivity index (χ3n) is 4.58. The van der Waals surface area contributed by atoms with E-state index in [1.54, 1.807) is 0 Å². The first kappa shape index (κ1) is 18.8. The summed E-state index contributed by atoms with van der Waals surface area (Å²) < 4.78 is 5.89. The lowest BCUT2D eigenvalue weighted by molar-refractivity contribution is -0.0279. The molecule has 4 nitrogen and oxygen atoms in total. The number of ether oxygens (including phenoxy) is 1. The molecule has 0 saturated carbocycles. The van der Waals surface area contributed by atoms with Crippen molar-refractivity contribution in [3.8, 4) is 0 Å². The van der Waals surface area contributed by atoms with Gasteiger partial charge >= 0.3 is 0 Å². The predicted octanol–water partition coefficient (Wildman–Crippen LogP) is 3.44. The molecule has 1 atom stereocenters. The van der Waals surface area contributed by atoms with Gasteiger partial charge in [0, 0.05) is 31.9 Å². The standard InChI is InChI=1S/C21H27N3OS/c1-2-17-8-10-19(11-9-17)23-21(26)22-14-20-16-24(12-13-25-20)15-18-6-4-3-5-7-18/h3-11,20H,2,12-16H2,1H3,(H2,22,23,26)/t20-/m0/s1. The minimum atomic E-state index is 0.148. The fourth-order valence-electron chi connectivity index (χ4n) is 3.09. The van der Waals surface area contributed by atoms with Gasteiger partial charge in [-0.15, -0.1) is 0 Å². The molecule has 26 heavy (non-hydrogen) atoms. The SMILES string of the molecule is CCc1ccc(NC(=S)NC[C@H]2CN(Cc3ccccc3)CCO2)cc1. The summed E-state index contributed by atoms with van der Waals surface area (Å²) >= 11 is 5.41. The molecule has 3 rings (SSSR count). The summed E-state index contributed by atoms with van der Waals surface area (Å²) in [6.45, 7) is 6.47. The summed E-state index contributed by atoms with van der Waals surface area (Å²) in [6.07, 6.45) is 1.19. The molecule has 1 fully saturated rings. The summed E-state index contributed by atoms with van der Waals surface area (Å²) in [4.78, 5) is 2.44. The summed E-state index contributed by atoms with van der Waals surface area (Å²) in [5, 5.41) is 7.15. The second-order valence-corrected chi connectivity index (χ2v) is 7.01. The summed E-state index contributed by atoms with van der Waals surface area (Å²) in [6, 6.07) is 18.9. The zero-order valence-electron chi connectivity index (χ0n) is 15.3. The van der Waals surface area contributed by atoms with E-state index in [1.807, 2.05) is 0 Å². The van der Waals surface area contributed by atoms with Gasteiger partial charge in [0.1, 0.15) is 0 Å². The van der Waals surface area contributed by atoms with Crippen molar-refractivity contribution in [1.82, 2.24) is 10.2 Å². The van der Waals surface area contributed by atoms with Crippen LogP contribution in [-0.4, -0.2) is 42.4 Å².